The van der Waals surface area contributed by atoms with Crippen molar-refractivity contribution >= 4 is 14.4 Å². The predicted molar refractivity (Wildman–Crippen MR) is 110 cm³/mol. The molecule has 0 bridgehead atoms. The predicted octanol–water partition coefficient (Wildman–Crippen LogP) is 5.00. The Morgan fingerprint density at radius 1 is 1.29 bits per heavy atom. The number of amides is 1. The summed E-state index contributed by atoms with van der Waals surface area (Å²) < 4.78 is 25.1. The number of carbonyl (C=O) groups excluding carboxylic acids is 1. The summed E-state index contributed by atoms with van der Waals surface area (Å²) in [5.74, 6) is -0.465. The third-order valence-corrected chi connectivity index (χ3v) is 10.3. The first-order valence-electron chi connectivity index (χ1n) is 10.1. The minimum Gasteiger partial charge on any atom is -0.417 e. The van der Waals surface area contributed by atoms with Crippen molar-refractivity contribution in [1.29, 1.82) is 0 Å². The van der Waals surface area contributed by atoms with Crippen molar-refractivity contribution in [2.45, 2.75) is 70.9 Å². The van der Waals surface area contributed by atoms with Gasteiger partial charge in [0.15, 0.2) is 8.32 Å². The van der Waals surface area contributed by atoms with E-state index in [4.69, 9.17) is 9.16 Å². The molecule has 1 aliphatic rings. The van der Waals surface area contributed by atoms with E-state index in [1.807, 2.05) is 0 Å². The molecule has 0 saturated carbocycles. The van der Waals surface area contributed by atoms with E-state index in [9.17, 15) is 14.3 Å². The molecule has 0 aromatic heterocycles. The minimum absolute atomic E-state index is 0.147. The molecule has 1 heterocycles. The van der Waals surface area contributed by atoms with Crippen LogP contribution in [0.5, 0.6) is 0 Å². The normalized spacial score (nSPS) is 16.3. The zero-order valence-corrected chi connectivity index (χ0v) is 18.8. The number of benzene rings is 1. The van der Waals surface area contributed by atoms with Gasteiger partial charge in [-0.15, -0.1) is 0 Å². The third-order valence-electron chi connectivity index (χ3n) is 5.81. The molecule has 1 aliphatic heterocycles. The third kappa shape index (κ3) is 6.03. The number of aliphatic hydroxyl groups excluding tert-OH is 1. The molecule has 1 unspecified atom stereocenters. The first-order chi connectivity index (χ1) is 13.0. The maximum absolute atomic E-state index is 13.7. The molecular formula is C21H34FNO4Si. The zero-order valence-electron chi connectivity index (χ0n) is 17.8. The first-order valence-corrected chi connectivity index (χ1v) is 13.0. The van der Waals surface area contributed by atoms with Crippen LogP contribution in [-0.2, 0) is 15.6 Å². The number of nitrogens with zero attached hydrogens (tertiary/aromatic N) is 1. The van der Waals surface area contributed by atoms with Crippen molar-refractivity contribution in [2.75, 3.05) is 19.7 Å². The summed E-state index contributed by atoms with van der Waals surface area (Å²) >= 11 is 0. The van der Waals surface area contributed by atoms with Crippen LogP contribution in [0.25, 0.3) is 0 Å². The smallest absolute Gasteiger partial charge is 0.412 e. The molecule has 28 heavy (non-hydrogen) atoms. The van der Waals surface area contributed by atoms with Gasteiger partial charge in [-0.05, 0) is 61.5 Å². The Morgan fingerprint density at radius 3 is 2.54 bits per heavy atom. The molecule has 0 spiro atoms. The summed E-state index contributed by atoms with van der Waals surface area (Å²) in [6.07, 6.45) is 1.21. The highest BCUT2D eigenvalue weighted by Crippen LogP contribution is 2.36. The fraction of sp³-hybridized carbons (Fsp3) is 0.667. The number of hydrogen-bond donors (Lipinski definition) is 1. The van der Waals surface area contributed by atoms with Crippen LogP contribution in [0.2, 0.25) is 18.1 Å². The van der Waals surface area contributed by atoms with Crippen molar-refractivity contribution in [3.05, 3.63) is 35.1 Å². The van der Waals surface area contributed by atoms with Gasteiger partial charge in [-0.3, -0.25) is 0 Å². The van der Waals surface area contributed by atoms with Crippen molar-refractivity contribution in [3.8, 4) is 0 Å². The monoisotopic (exact) mass is 411 g/mol. The van der Waals surface area contributed by atoms with Gasteiger partial charge in [-0.1, -0.05) is 26.8 Å². The van der Waals surface area contributed by atoms with E-state index in [1.165, 1.54) is 12.1 Å². The number of halogens is 1. The van der Waals surface area contributed by atoms with E-state index < -0.39 is 26.5 Å². The summed E-state index contributed by atoms with van der Waals surface area (Å²) in [5, 5.41) is 10.5. The topological polar surface area (TPSA) is 59.0 Å². The SMILES string of the molecule is CC(C)(C)[Si](C)(C)OCCCc1ccc(F)cc1C(O)OC(=O)N1CCCC1. The molecular weight excluding hydrogens is 377 g/mol. The fourth-order valence-corrected chi connectivity index (χ4v) is 4.05. The standard InChI is InChI=1S/C21H34FNO4Si/c1-21(2,3)28(4,5)26-14-8-9-16-10-11-17(22)15-18(16)19(24)27-20(25)23-12-6-7-13-23/h10-11,15,19,24H,6-9,12-14H2,1-5H3. The van der Waals surface area contributed by atoms with E-state index in [1.54, 1.807) is 11.0 Å². The van der Waals surface area contributed by atoms with Gasteiger partial charge in [0.1, 0.15) is 5.82 Å². The zero-order chi connectivity index (χ0) is 20.9. The highest BCUT2D eigenvalue weighted by Gasteiger charge is 2.36. The maximum Gasteiger partial charge on any atom is 0.412 e. The molecule has 1 fully saturated rings. The molecule has 5 nitrogen and oxygen atoms in total. The lowest BCUT2D eigenvalue weighted by Crippen LogP contribution is -2.41. The lowest BCUT2D eigenvalue weighted by atomic mass is 10.0. The largest absolute Gasteiger partial charge is 0.417 e. The molecule has 158 valence electrons. The molecule has 1 aromatic carbocycles. The summed E-state index contributed by atoms with van der Waals surface area (Å²) in [5.41, 5.74) is 1.07. The molecule has 1 aromatic rings. The molecule has 1 atom stereocenters. The average molecular weight is 412 g/mol. The van der Waals surface area contributed by atoms with Crippen molar-refractivity contribution in [1.82, 2.24) is 4.90 Å². The molecule has 1 N–H and O–H groups in total. The van der Waals surface area contributed by atoms with Crippen LogP contribution in [0.1, 0.15) is 57.5 Å². The molecule has 7 heteroatoms. The quantitative estimate of drug-likeness (QED) is 0.389. The van der Waals surface area contributed by atoms with Gasteiger partial charge in [0.2, 0.25) is 6.29 Å². The lowest BCUT2D eigenvalue weighted by Gasteiger charge is -2.36. The van der Waals surface area contributed by atoms with E-state index in [0.717, 1.165) is 24.8 Å². The summed E-state index contributed by atoms with van der Waals surface area (Å²) in [6, 6.07) is 4.25. The minimum atomic E-state index is -1.81. The van der Waals surface area contributed by atoms with E-state index in [-0.39, 0.29) is 5.04 Å². The lowest BCUT2D eigenvalue weighted by molar-refractivity contribution is -0.0659. The summed E-state index contributed by atoms with van der Waals surface area (Å²) in [4.78, 5) is 13.7. The Labute approximate surface area is 169 Å². The number of carbonyl (C=O) groups is 1. The van der Waals surface area contributed by atoms with Gasteiger partial charge in [0, 0.05) is 25.3 Å². The van der Waals surface area contributed by atoms with Gasteiger partial charge in [-0.25, -0.2) is 9.18 Å². The molecule has 0 radical (unpaired) electrons. The highest BCUT2D eigenvalue weighted by atomic mass is 28.4. The number of rotatable bonds is 7. The van der Waals surface area contributed by atoms with Crippen LogP contribution in [0.3, 0.4) is 0 Å². The van der Waals surface area contributed by atoms with Gasteiger partial charge in [0.25, 0.3) is 0 Å². The number of hydrogen-bond acceptors (Lipinski definition) is 4. The second-order valence-corrected chi connectivity index (χ2v) is 13.8. The molecule has 1 amide bonds. The highest BCUT2D eigenvalue weighted by molar-refractivity contribution is 6.74. The van der Waals surface area contributed by atoms with Crippen LogP contribution in [-0.4, -0.2) is 44.1 Å². The number of likely N-dealkylation sites (tertiary alicyclic amines) is 1. The van der Waals surface area contributed by atoms with Gasteiger partial charge >= 0.3 is 6.09 Å². The summed E-state index contributed by atoms with van der Waals surface area (Å²) in [6.45, 7) is 12.9. The van der Waals surface area contributed by atoms with Crippen LogP contribution in [0, 0.1) is 5.82 Å². The summed E-state index contributed by atoms with van der Waals surface area (Å²) in [7, 11) is -1.81. The first kappa shape index (κ1) is 22.8. The number of aryl methyl sites for hydroxylation is 1. The maximum atomic E-state index is 13.7. The fourth-order valence-electron chi connectivity index (χ4n) is 2.96. The van der Waals surface area contributed by atoms with E-state index in [2.05, 4.69) is 33.9 Å². The Kier molecular flexibility index (Phi) is 7.64. The second-order valence-electron chi connectivity index (χ2n) is 8.99. The average Bonchev–Trinajstić information content (AvgIpc) is 3.13. The van der Waals surface area contributed by atoms with Crippen LogP contribution in [0.15, 0.2) is 18.2 Å². The Balaban J connectivity index is 1.96. The van der Waals surface area contributed by atoms with E-state index >= 15 is 0 Å². The molecule has 2 rings (SSSR count). The number of ether oxygens (including phenoxy) is 1. The van der Waals surface area contributed by atoms with Gasteiger partial charge in [-0.2, -0.15) is 0 Å². The van der Waals surface area contributed by atoms with Crippen molar-refractivity contribution < 1.29 is 23.5 Å². The molecule has 0 aliphatic carbocycles. The van der Waals surface area contributed by atoms with Gasteiger partial charge in [0.05, 0.1) is 0 Å². The van der Waals surface area contributed by atoms with Crippen LogP contribution in [0.4, 0.5) is 9.18 Å². The molecule has 1 saturated heterocycles. The van der Waals surface area contributed by atoms with Crippen molar-refractivity contribution in [3.63, 3.8) is 0 Å². The Morgan fingerprint density at radius 2 is 1.93 bits per heavy atom. The van der Waals surface area contributed by atoms with Crippen LogP contribution >= 0.6 is 0 Å². The number of aliphatic hydroxyl groups is 1. The van der Waals surface area contributed by atoms with E-state index in [0.29, 0.717) is 31.7 Å². The Bertz CT molecular complexity index is 669. The van der Waals surface area contributed by atoms with Gasteiger partial charge < -0.3 is 19.2 Å². The Hall–Kier alpha value is -1.44. The van der Waals surface area contributed by atoms with Crippen molar-refractivity contribution in [2.24, 2.45) is 0 Å². The van der Waals surface area contributed by atoms with Crippen LogP contribution < -0.4 is 0 Å². The second kappa shape index (κ2) is 9.37.